The summed E-state index contributed by atoms with van der Waals surface area (Å²) in [5, 5.41) is 0. The fourth-order valence-corrected chi connectivity index (χ4v) is 7.13. The Kier molecular flexibility index (Phi) is 11.3. The van der Waals surface area contributed by atoms with E-state index in [9.17, 15) is 0 Å². The first-order valence-corrected chi connectivity index (χ1v) is 14.2. The van der Waals surface area contributed by atoms with Crippen LogP contribution in [0.1, 0.15) is 128 Å². The van der Waals surface area contributed by atoms with E-state index in [4.69, 9.17) is 9.47 Å². The molecule has 0 aromatic rings. The smallest absolute Gasteiger partial charge is 0.111 e. The first kappa shape index (κ1) is 25.9. The highest BCUT2D eigenvalue weighted by molar-refractivity contribution is 4.88. The van der Waals surface area contributed by atoms with Gasteiger partial charge < -0.3 is 9.47 Å². The first-order chi connectivity index (χ1) is 15.6. The molecule has 0 aromatic heterocycles. The van der Waals surface area contributed by atoms with Crippen LogP contribution in [0.5, 0.6) is 0 Å². The van der Waals surface area contributed by atoms with Crippen LogP contribution in [0.3, 0.4) is 0 Å². The van der Waals surface area contributed by atoms with Gasteiger partial charge in [-0.1, -0.05) is 45.5 Å². The Bertz CT molecular complexity index is 558. The molecule has 0 atom stereocenters. The second-order valence-corrected chi connectivity index (χ2v) is 11.8. The predicted molar refractivity (Wildman–Crippen MR) is 142 cm³/mol. The van der Waals surface area contributed by atoms with Crippen molar-refractivity contribution in [2.24, 2.45) is 35.5 Å². The van der Waals surface area contributed by atoms with Crippen LogP contribution < -0.4 is 0 Å². The van der Waals surface area contributed by atoms with Crippen molar-refractivity contribution in [2.45, 2.75) is 136 Å². The lowest BCUT2D eigenvalue weighted by Gasteiger charge is -2.36. The van der Waals surface area contributed by atoms with Gasteiger partial charge >= 0.3 is 0 Å². The zero-order valence-corrected chi connectivity index (χ0v) is 21.7. The SMILES string of the molecule is CC#COC1CCC(C2CCC(C)CC2)CC1.COC1CCC(C2CCC(C)CC2)CC1.[HH].[HH].[HH]. The van der Waals surface area contributed by atoms with Crippen molar-refractivity contribution >= 4 is 0 Å². The van der Waals surface area contributed by atoms with E-state index in [0.717, 1.165) is 35.5 Å². The Balaban J connectivity index is 0.000000612. The summed E-state index contributed by atoms with van der Waals surface area (Å²) in [4.78, 5) is 0. The van der Waals surface area contributed by atoms with Crippen LogP contribution in [0, 0.1) is 47.5 Å². The lowest BCUT2D eigenvalue weighted by molar-refractivity contribution is 0.0399. The number of hydrogen-bond acceptors (Lipinski definition) is 2. The third-order valence-electron chi connectivity index (χ3n) is 9.55. The van der Waals surface area contributed by atoms with E-state index in [0.29, 0.717) is 12.2 Å². The van der Waals surface area contributed by atoms with Gasteiger partial charge in [-0.25, -0.2) is 0 Å². The maximum absolute atomic E-state index is 5.52. The third-order valence-corrected chi connectivity index (χ3v) is 9.55. The molecule has 0 unspecified atom stereocenters. The van der Waals surface area contributed by atoms with Gasteiger partial charge in [0.15, 0.2) is 0 Å². The minimum Gasteiger partial charge on any atom is -0.443 e. The number of hydrogen-bond donors (Lipinski definition) is 0. The van der Waals surface area contributed by atoms with Gasteiger partial charge in [-0.15, -0.1) is 0 Å². The van der Waals surface area contributed by atoms with Crippen molar-refractivity contribution in [3.05, 3.63) is 0 Å². The molecule has 2 heteroatoms. The Labute approximate surface area is 204 Å². The van der Waals surface area contributed by atoms with Gasteiger partial charge in [-0.05, 0) is 113 Å². The van der Waals surface area contributed by atoms with Crippen LogP contribution in [-0.2, 0) is 9.47 Å². The highest BCUT2D eigenvalue weighted by atomic mass is 16.5. The Hall–Kier alpha value is -0.680. The average Bonchev–Trinajstić information content (AvgIpc) is 2.85. The lowest BCUT2D eigenvalue weighted by Crippen LogP contribution is -2.27. The summed E-state index contributed by atoms with van der Waals surface area (Å²) in [6.07, 6.45) is 26.3. The lowest BCUT2D eigenvalue weighted by atomic mass is 9.71. The maximum atomic E-state index is 5.52. The van der Waals surface area contributed by atoms with E-state index < -0.39 is 0 Å². The Morgan fingerprint density at radius 1 is 0.531 bits per heavy atom. The number of ether oxygens (including phenoxy) is 2. The summed E-state index contributed by atoms with van der Waals surface area (Å²) in [5.74, 6) is 8.88. The second-order valence-electron chi connectivity index (χ2n) is 11.8. The first-order valence-electron chi connectivity index (χ1n) is 14.2. The molecule has 0 aliphatic heterocycles. The van der Waals surface area contributed by atoms with Gasteiger partial charge in [0.2, 0.25) is 0 Å². The highest BCUT2D eigenvalue weighted by Crippen LogP contribution is 2.41. The molecule has 2 nitrogen and oxygen atoms in total. The quantitative estimate of drug-likeness (QED) is 0.397. The van der Waals surface area contributed by atoms with Crippen LogP contribution >= 0.6 is 0 Å². The molecule has 4 fully saturated rings. The third kappa shape index (κ3) is 8.27. The van der Waals surface area contributed by atoms with Crippen molar-refractivity contribution in [1.82, 2.24) is 0 Å². The Morgan fingerprint density at radius 2 is 0.875 bits per heavy atom. The molecule has 4 saturated carbocycles. The summed E-state index contributed by atoms with van der Waals surface area (Å²) >= 11 is 0. The van der Waals surface area contributed by atoms with Crippen LogP contribution in [0.2, 0.25) is 0 Å². The predicted octanol–water partition coefficient (Wildman–Crippen LogP) is 9.12. The molecule has 4 aliphatic rings. The van der Waals surface area contributed by atoms with Gasteiger partial charge in [0.05, 0.1) is 6.10 Å². The molecule has 4 rings (SSSR count). The summed E-state index contributed by atoms with van der Waals surface area (Å²) < 4.78 is 11.0. The average molecular weight is 451 g/mol. The molecular formula is C30H58O2. The molecule has 0 N–H and O–H groups in total. The highest BCUT2D eigenvalue weighted by Gasteiger charge is 2.31. The standard InChI is InChI=1S/C16H26O.C14H26O.3H2/c1-3-12-17-16-10-8-15(9-11-16)14-6-4-13(2)5-7-14;1-11-3-5-12(6-4-11)13-7-9-14(15-2)10-8-13;;;/h13-16H,4-11H2,1-2H3;11-14H,3-10H2,1-2H3;3*1H. The van der Waals surface area contributed by atoms with Gasteiger partial charge in [0.25, 0.3) is 0 Å². The van der Waals surface area contributed by atoms with E-state index in [2.05, 4.69) is 25.9 Å². The fraction of sp³-hybridized carbons (Fsp3) is 0.933. The zero-order valence-electron chi connectivity index (χ0n) is 21.7. The van der Waals surface area contributed by atoms with Gasteiger partial charge in [-0.2, -0.15) is 0 Å². The molecule has 0 heterocycles. The molecular weight excluding hydrogens is 392 g/mol. The minimum absolute atomic E-state index is 0. The van der Waals surface area contributed by atoms with E-state index in [1.807, 2.05) is 14.0 Å². The molecule has 4 aliphatic carbocycles. The van der Waals surface area contributed by atoms with E-state index in [-0.39, 0.29) is 4.28 Å². The van der Waals surface area contributed by atoms with Crippen LogP contribution in [0.15, 0.2) is 0 Å². The van der Waals surface area contributed by atoms with Crippen molar-refractivity contribution in [1.29, 1.82) is 0 Å². The molecule has 0 amide bonds. The Morgan fingerprint density at radius 3 is 1.22 bits per heavy atom. The summed E-state index contributed by atoms with van der Waals surface area (Å²) in [6, 6.07) is 0. The van der Waals surface area contributed by atoms with Crippen molar-refractivity contribution < 1.29 is 13.8 Å². The van der Waals surface area contributed by atoms with Crippen LogP contribution in [-0.4, -0.2) is 19.3 Å². The van der Waals surface area contributed by atoms with E-state index in [1.54, 1.807) is 0 Å². The van der Waals surface area contributed by atoms with Gasteiger partial charge in [-0.3, -0.25) is 0 Å². The van der Waals surface area contributed by atoms with Gasteiger partial charge in [0, 0.05) is 18.3 Å². The number of methoxy groups -OCH3 is 1. The van der Waals surface area contributed by atoms with Gasteiger partial charge in [0.1, 0.15) is 12.2 Å². The minimum atomic E-state index is 0. The molecule has 0 radical (unpaired) electrons. The zero-order chi connectivity index (χ0) is 22.8. The molecule has 0 saturated heterocycles. The maximum Gasteiger partial charge on any atom is 0.111 e. The van der Waals surface area contributed by atoms with Crippen molar-refractivity contribution in [2.75, 3.05) is 7.11 Å². The molecule has 0 bridgehead atoms. The summed E-state index contributed by atoms with van der Waals surface area (Å²) in [6.45, 7) is 6.66. The van der Waals surface area contributed by atoms with Crippen molar-refractivity contribution in [3.63, 3.8) is 0 Å². The topological polar surface area (TPSA) is 18.5 Å². The summed E-state index contributed by atoms with van der Waals surface area (Å²) in [7, 11) is 1.87. The van der Waals surface area contributed by atoms with E-state index >= 15 is 0 Å². The molecule has 0 aromatic carbocycles. The van der Waals surface area contributed by atoms with Crippen molar-refractivity contribution in [3.8, 4) is 12.0 Å². The molecule has 32 heavy (non-hydrogen) atoms. The van der Waals surface area contributed by atoms with Crippen LogP contribution in [0.4, 0.5) is 0 Å². The molecule has 0 spiro atoms. The molecule has 190 valence electrons. The normalized spacial score (nSPS) is 40.2. The number of rotatable bonds is 4. The fourth-order valence-electron chi connectivity index (χ4n) is 7.13. The monoisotopic (exact) mass is 450 g/mol. The summed E-state index contributed by atoms with van der Waals surface area (Å²) in [5.41, 5.74) is 0. The van der Waals surface area contributed by atoms with E-state index in [1.165, 1.54) is 103 Å². The second kappa shape index (κ2) is 13.9. The largest absolute Gasteiger partial charge is 0.443 e. The van der Waals surface area contributed by atoms with Crippen LogP contribution in [0.25, 0.3) is 0 Å².